The molecule has 0 saturated heterocycles. The van der Waals surface area contributed by atoms with E-state index in [1.807, 2.05) is 18.2 Å². The zero-order valence-electron chi connectivity index (χ0n) is 7.16. The van der Waals surface area contributed by atoms with Crippen molar-refractivity contribution in [3.8, 4) is 0 Å². The minimum Gasteiger partial charge on any atom is -0.405 e. The maximum Gasteiger partial charge on any atom is -0.00625 e. The first-order valence-corrected chi connectivity index (χ1v) is 4.01. The molecule has 0 amide bonds. The van der Waals surface area contributed by atoms with E-state index in [4.69, 9.17) is 5.73 Å². The molecule has 62 valence electrons. The smallest absolute Gasteiger partial charge is 0.00625 e. The number of rotatable bonds is 5. The molecule has 1 nitrogen and oxygen atoms in total. The standard InChI is InChI=1S/C10H17N/c1-3-10(4-2)8-6-5-7-9-11/h3,5-7,9-10H,1,4,8,11H2,2H3/b6-5+,9-7-. The van der Waals surface area contributed by atoms with Gasteiger partial charge in [-0.1, -0.05) is 25.2 Å². The maximum absolute atomic E-state index is 5.16. The maximum atomic E-state index is 5.16. The fraction of sp³-hybridized carbons (Fsp3) is 0.400. The molecule has 1 atom stereocenters. The third-order valence-corrected chi connectivity index (χ3v) is 1.65. The van der Waals surface area contributed by atoms with Gasteiger partial charge in [0, 0.05) is 0 Å². The third kappa shape index (κ3) is 5.46. The molecule has 0 aliphatic carbocycles. The molecule has 0 radical (unpaired) electrons. The van der Waals surface area contributed by atoms with Gasteiger partial charge in [0.05, 0.1) is 0 Å². The van der Waals surface area contributed by atoms with Crippen LogP contribution in [0, 0.1) is 5.92 Å². The quantitative estimate of drug-likeness (QED) is 0.474. The molecule has 0 aromatic rings. The number of hydrogen-bond donors (Lipinski definition) is 1. The lowest BCUT2D eigenvalue weighted by Crippen LogP contribution is -1.89. The molecule has 1 heteroatoms. The monoisotopic (exact) mass is 151 g/mol. The molecule has 0 rings (SSSR count). The molecule has 0 aliphatic rings. The van der Waals surface area contributed by atoms with Gasteiger partial charge < -0.3 is 5.73 Å². The van der Waals surface area contributed by atoms with Crippen molar-refractivity contribution >= 4 is 0 Å². The van der Waals surface area contributed by atoms with E-state index in [1.165, 1.54) is 6.20 Å². The van der Waals surface area contributed by atoms with Crippen molar-refractivity contribution < 1.29 is 0 Å². The summed E-state index contributed by atoms with van der Waals surface area (Å²) in [5.74, 6) is 0.609. The predicted octanol–water partition coefficient (Wildman–Crippen LogP) is 2.62. The van der Waals surface area contributed by atoms with E-state index >= 15 is 0 Å². The van der Waals surface area contributed by atoms with Crippen molar-refractivity contribution in [1.29, 1.82) is 0 Å². The van der Waals surface area contributed by atoms with Gasteiger partial charge >= 0.3 is 0 Å². The van der Waals surface area contributed by atoms with Crippen molar-refractivity contribution in [2.45, 2.75) is 19.8 Å². The molecule has 0 spiro atoms. The van der Waals surface area contributed by atoms with Crippen LogP contribution in [0.4, 0.5) is 0 Å². The van der Waals surface area contributed by atoms with Crippen LogP contribution in [0.2, 0.25) is 0 Å². The highest BCUT2D eigenvalue weighted by Gasteiger charge is 1.94. The minimum atomic E-state index is 0.609. The van der Waals surface area contributed by atoms with E-state index in [2.05, 4.69) is 19.6 Å². The molecule has 0 heterocycles. The van der Waals surface area contributed by atoms with Crippen molar-refractivity contribution in [3.05, 3.63) is 37.1 Å². The molecule has 0 aliphatic heterocycles. The second-order valence-corrected chi connectivity index (χ2v) is 2.45. The van der Waals surface area contributed by atoms with Gasteiger partial charge in [-0.05, 0) is 31.0 Å². The minimum absolute atomic E-state index is 0.609. The molecule has 0 aromatic carbocycles. The van der Waals surface area contributed by atoms with Gasteiger partial charge in [-0.2, -0.15) is 0 Å². The Labute approximate surface area is 69.3 Å². The molecule has 0 fully saturated rings. The van der Waals surface area contributed by atoms with Crippen molar-refractivity contribution in [2.24, 2.45) is 11.7 Å². The molecule has 1 unspecified atom stereocenters. The average molecular weight is 151 g/mol. The number of allylic oxidation sites excluding steroid dienone is 4. The van der Waals surface area contributed by atoms with Gasteiger partial charge in [-0.3, -0.25) is 0 Å². The summed E-state index contributed by atoms with van der Waals surface area (Å²) in [6, 6.07) is 0. The fourth-order valence-electron chi connectivity index (χ4n) is 0.826. The Bertz CT molecular complexity index is 145. The Kier molecular flexibility index (Phi) is 6.50. The lowest BCUT2D eigenvalue weighted by molar-refractivity contribution is 0.640. The van der Waals surface area contributed by atoms with Crippen LogP contribution in [0.25, 0.3) is 0 Å². The van der Waals surface area contributed by atoms with E-state index in [9.17, 15) is 0 Å². The largest absolute Gasteiger partial charge is 0.405 e. The molecule has 0 aromatic heterocycles. The SMILES string of the molecule is C=CC(CC)C/C=C/C=C\N. The molecule has 0 bridgehead atoms. The summed E-state index contributed by atoms with van der Waals surface area (Å²) < 4.78 is 0. The summed E-state index contributed by atoms with van der Waals surface area (Å²) in [6.45, 7) is 5.92. The normalized spacial score (nSPS) is 14.3. The van der Waals surface area contributed by atoms with Crippen LogP contribution in [0.1, 0.15) is 19.8 Å². The lowest BCUT2D eigenvalue weighted by atomic mass is 10.0. The molecular weight excluding hydrogens is 134 g/mol. The number of nitrogens with two attached hydrogens (primary N) is 1. The van der Waals surface area contributed by atoms with Crippen molar-refractivity contribution in [1.82, 2.24) is 0 Å². The number of hydrogen-bond acceptors (Lipinski definition) is 1. The van der Waals surface area contributed by atoms with Gasteiger partial charge in [0.2, 0.25) is 0 Å². The summed E-state index contributed by atoms with van der Waals surface area (Å²) in [6.07, 6.45) is 11.6. The van der Waals surface area contributed by atoms with E-state index in [0.29, 0.717) is 5.92 Å². The molecular formula is C10H17N. The second-order valence-electron chi connectivity index (χ2n) is 2.45. The van der Waals surface area contributed by atoms with Gasteiger partial charge in [-0.25, -0.2) is 0 Å². The second kappa shape index (κ2) is 7.13. The Morgan fingerprint density at radius 1 is 1.45 bits per heavy atom. The Morgan fingerprint density at radius 2 is 2.18 bits per heavy atom. The van der Waals surface area contributed by atoms with Gasteiger partial charge in [-0.15, -0.1) is 6.58 Å². The summed E-state index contributed by atoms with van der Waals surface area (Å²) in [5.41, 5.74) is 5.16. The van der Waals surface area contributed by atoms with Crippen LogP contribution in [-0.2, 0) is 0 Å². The molecule has 2 N–H and O–H groups in total. The first-order chi connectivity index (χ1) is 5.35. The van der Waals surface area contributed by atoms with Crippen LogP contribution >= 0.6 is 0 Å². The highest BCUT2D eigenvalue weighted by Crippen LogP contribution is 2.09. The zero-order chi connectivity index (χ0) is 8.53. The predicted molar refractivity (Wildman–Crippen MR) is 51.1 cm³/mol. The topological polar surface area (TPSA) is 26.0 Å². The lowest BCUT2D eigenvalue weighted by Gasteiger charge is -2.03. The van der Waals surface area contributed by atoms with Crippen molar-refractivity contribution in [3.63, 3.8) is 0 Å². The van der Waals surface area contributed by atoms with E-state index in [0.717, 1.165) is 12.8 Å². The van der Waals surface area contributed by atoms with Crippen LogP contribution in [0.3, 0.4) is 0 Å². The van der Waals surface area contributed by atoms with E-state index in [-0.39, 0.29) is 0 Å². The first-order valence-electron chi connectivity index (χ1n) is 4.01. The Morgan fingerprint density at radius 3 is 2.64 bits per heavy atom. The zero-order valence-corrected chi connectivity index (χ0v) is 7.16. The van der Waals surface area contributed by atoms with Gasteiger partial charge in [0.15, 0.2) is 0 Å². The van der Waals surface area contributed by atoms with Crippen LogP contribution in [0.5, 0.6) is 0 Å². The van der Waals surface area contributed by atoms with Gasteiger partial charge in [0.25, 0.3) is 0 Å². The molecule has 11 heavy (non-hydrogen) atoms. The first kappa shape index (κ1) is 10.0. The van der Waals surface area contributed by atoms with Crippen LogP contribution in [-0.4, -0.2) is 0 Å². The van der Waals surface area contributed by atoms with Crippen LogP contribution < -0.4 is 5.73 Å². The fourth-order valence-corrected chi connectivity index (χ4v) is 0.826. The summed E-state index contributed by atoms with van der Waals surface area (Å²) in [7, 11) is 0. The highest BCUT2D eigenvalue weighted by molar-refractivity contribution is 5.01. The summed E-state index contributed by atoms with van der Waals surface area (Å²) in [5, 5.41) is 0. The highest BCUT2D eigenvalue weighted by atomic mass is 14.5. The van der Waals surface area contributed by atoms with Crippen molar-refractivity contribution in [2.75, 3.05) is 0 Å². The van der Waals surface area contributed by atoms with Gasteiger partial charge in [0.1, 0.15) is 0 Å². The summed E-state index contributed by atoms with van der Waals surface area (Å²) in [4.78, 5) is 0. The third-order valence-electron chi connectivity index (χ3n) is 1.65. The Hall–Kier alpha value is -0.980. The van der Waals surface area contributed by atoms with E-state index in [1.54, 1.807) is 0 Å². The Balaban J connectivity index is 3.57. The average Bonchev–Trinajstić information content (AvgIpc) is 2.05. The molecule has 0 saturated carbocycles. The summed E-state index contributed by atoms with van der Waals surface area (Å²) >= 11 is 0. The van der Waals surface area contributed by atoms with Crippen LogP contribution in [0.15, 0.2) is 37.1 Å². The van der Waals surface area contributed by atoms with E-state index < -0.39 is 0 Å².